The van der Waals surface area contributed by atoms with Crippen LogP contribution in [0.25, 0.3) is 0 Å². The maximum atomic E-state index is 12.8. The van der Waals surface area contributed by atoms with E-state index in [2.05, 4.69) is 10.2 Å². The lowest BCUT2D eigenvalue weighted by molar-refractivity contribution is -0.116. The fourth-order valence-electron chi connectivity index (χ4n) is 3.14. The van der Waals surface area contributed by atoms with Crippen LogP contribution in [0.2, 0.25) is 0 Å². The molecule has 1 amide bonds. The third kappa shape index (κ3) is 3.46. The van der Waals surface area contributed by atoms with Crippen LogP contribution in [0.1, 0.15) is 43.1 Å². The van der Waals surface area contributed by atoms with Gasteiger partial charge in [0.05, 0.1) is 5.25 Å². The van der Waals surface area contributed by atoms with Gasteiger partial charge < -0.3 is 4.90 Å². The minimum absolute atomic E-state index is 0.0131. The molecule has 0 radical (unpaired) electrons. The first-order valence-corrected chi connectivity index (χ1v) is 9.57. The first-order chi connectivity index (χ1) is 12.4. The third-order valence-electron chi connectivity index (χ3n) is 4.46. The Labute approximate surface area is 155 Å². The zero-order valence-electron chi connectivity index (χ0n) is 15.1. The van der Waals surface area contributed by atoms with Gasteiger partial charge in [-0.3, -0.25) is 14.2 Å². The zero-order valence-corrected chi connectivity index (χ0v) is 15.9. The number of benzene rings is 1. The first kappa shape index (κ1) is 18.4. The van der Waals surface area contributed by atoms with Crippen LogP contribution in [0.15, 0.2) is 28.2 Å². The van der Waals surface area contributed by atoms with Crippen molar-refractivity contribution in [2.24, 2.45) is 0 Å². The smallest absolute Gasteiger partial charge is 0.312 e. The van der Waals surface area contributed by atoms with E-state index in [0.717, 1.165) is 24.1 Å². The summed E-state index contributed by atoms with van der Waals surface area (Å²) in [6.07, 6.45) is 1.57. The Morgan fingerprint density at radius 3 is 2.85 bits per heavy atom. The molecule has 1 aromatic heterocycles. The summed E-state index contributed by atoms with van der Waals surface area (Å²) >= 11 is 1.28. The lowest BCUT2D eigenvalue weighted by Gasteiger charge is -2.15. The molecule has 26 heavy (non-hydrogen) atoms. The average molecular weight is 374 g/mol. The van der Waals surface area contributed by atoms with E-state index in [4.69, 9.17) is 0 Å². The van der Waals surface area contributed by atoms with Gasteiger partial charge in [-0.05, 0) is 43.5 Å². The maximum Gasteiger partial charge on any atom is 0.343 e. The van der Waals surface area contributed by atoms with Gasteiger partial charge in [-0.15, -0.1) is 5.10 Å². The van der Waals surface area contributed by atoms with Gasteiger partial charge in [0.25, 0.3) is 0 Å². The number of carbonyl (C=O) groups is 2. The Hall–Kier alpha value is -2.35. The number of rotatable bonds is 6. The van der Waals surface area contributed by atoms with Gasteiger partial charge in [0.2, 0.25) is 5.91 Å². The minimum atomic E-state index is -0.371. The fourth-order valence-corrected chi connectivity index (χ4v) is 4.10. The standard InChI is InChI=1S/C18H22N4O3S/c1-4-8-22-17(25)19-20-18(22)26-11(2)16(24)14-5-6-15-13(10-14)7-9-21(15)12(3)23/h5-6,10-11H,4,7-9H2,1-3H3,(H,19,25). The Bertz CT molecular complexity index is 902. The van der Waals surface area contributed by atoms with Crippen LogP contribution >= 0.6 is 11.8 Å². The van der Waals surface area contributed by atoms with Crippen molar-refractivity contribution in [3.05, 3.63) is 39.8 Å². The summed E-state index contributed by atoms with van der Waals surface area (Å²) in [6.45, 7) is 6.57. The van der Waals surface area contributed by atoms with Gasteiger partial charge in [0.15, 0.2) is 10.9 Å². The molecule has 1 atom stereocenters. The first-order valence-electron chi connectivity index (χ1n) is 8.69. The van der Waals surface area contributed by atoms with Gasteiger partial charge in [-0.25, -0.2) is 9.89 Å². The molecule has 7 nitrogen and oxygen atoms in total. The number of aromatic amines is 1. The Balaban J connectivity index is 1.78. The van der Waals surface area contributed by atoms with E-state index < -0.39 is 0 Å². The van der Waals surface area contributed by atoms with Crippen molar-refractivity contribution < 1.29 is 9.59 Å². The lowest BCUT2D eigenvalue weighted by atomic mass is 10.0. The van der Waals surface area contributed by atoms with E-state index in [1.54, 1.807) is 22.5 Å². The van der Waals surface area contributed by atoms with Crippen molar-refractivity contribution in [3.8, 4) is 0 Å². The highest BCUT2D eigenvalue weighted by molar-refractivity contribution is 8.00. The molecule has 0 fully saturated rings. The Kier molecular flexibility index (Phi) is 5.31. The number of carbonyl (C=O) groups excluding carboxylic acids is 2. The van der Waals surface area contributed by atoms with E-state index in [9.17, 15) is 14.4 Å². The number of nitrogens with one attached hydrogen (secondary N) is 1. The van der Waals surface area contributed by atoms with E-state index in [0.29, 0.717) is 23.8 Å². The number of aromatic nitrogens is 3. The summed E-state index contributed by atoms with van der Waals surface area (Å²) < 4.78 is 1.56. The third-order valence-corrected chi connectivity index (χ3v) is 5.55. The summed E-state index contributed by atoms with van der Waals surface area (Å²) in [4.78, 5) is 38.0. The number of thioether (sulfide) groups is 1. The fraction of sp³-hybridized carbons (Fsp3) is 0.444. The molecule has 0 saturated heterocycles. The minimum Gasteiger partial charge on any atom is -0.312 e. The summed E-state index contributed by atoms with van der Waals surface area (Å²) in [5.41, 5.74) is 2.27. The normalized spacial score (nSPS) is 14.3. The van der Waals surface area contributed by atoms with E-state index in [-0.39, 0.29) is 22.6 Å². The number of amides is 1. The molecule has 1 aliphatic rings. The number of hydrogen-bond acceptors (Lipinski definition) is 5. The summed E-state index contributed by atoms with van der Waals surface area (Å²) in [5, 5.41) is 6.63. The van der Waals surface area contributed by atoms with Crippen molar-refractivity contribution in [2.45, 2.75) is 50.6 Å². The number of fused-ring (bicyclic) bond motifs is 1. The molecule has 0 bridgehead atoms. The van der Waals surface area contributed by atoms with E-state index >= 15 is 0 Å². The second kappa shape index (κ2) is 7.49. The van der Waals surface area contributed by atoms with Crippen molar-refractivity contribution in [1.82, 2.24) is 14.8 Å². The number of H-pyrrole nitrogens is 1. The molecule has 3 rings (SSSR count). The summed E-state index contributed by atoms with van der Waals surface area (Å²) in [6, 6.07) is 5.49. The zero-order chi connectivity index (χ0) is 18.8. The topological polar surface area (TPSA) is 88.1 Å². The molecule has 0 spiro atoms. The molecular weight excluding hydrogens is 352 g/mol. The summed E-state index contributed by atoms with van der Waals surface area (Å²) in [7, 11) is 0. The van der Waals surface area contributed by atoms with Gasteiger partial charge in [-0.2, -0.15) is 0 Å². The molecule has 8 heteroatoms. The highest BCUT2D eigenvalue weighted by Crippen LogP contribution is 2.30. The van der Waals surface area contributed by atoms with E-state index in [1.165, 1.54) is 11.8 Å². The van der Waals surface area contributed by atoms with Crippen LogP contribution < -0.4 is 10.6 Å². The molecular formula is C18H22N4O3S. The second-order valence-corrected chi connectivity index (χ2v) is 7.66. The number of Topliss-reactive ketones (excluding diaryl/α,β-unsaturated/α-hetero) is 1. The molecule has 0 aliphatic carbocycles. The molecule has 0 saturated carbocycles. The van der Waals surface area contributed by atoms with Crippen molar-refractivity contribution in [3.63, 3.8) is 0 Å². The molecule has 1 N–H and O–H groups in total. The second-order valence-electron chi connectivity index (χ2n) is 6.35. The van der Waals surface area contributed by atoms with Gasteiger partial charge in [0, 0.05) is 31.3 Å². The molecule has 1 aliphatic heterocycles. The van der Waals surface area contributed by atoms with Gasteiger partial charge in [-0.1, -0.05) is 18.7 Å². The number of anilines is 1. The lowest BCUT2D eigenvalue weighted by Crippen LogP contribution is -2.25. The molecule has 1 aromatic carbocycles. The van der Waals surface area contributed by atoms with Crippen LogP contribution in [0.5, 0.6) is 0 Å². The molecule has 2 aromatic rings. The largest absolute Gasteiger partial charge is 0.343 e. The molecule has 2 heterocycles. The average Bonchev–Trinajstić information content (AvgIpc) is 3.19. The number of hydrogen-bond donors (Lipinski definition) is 1. The van der Waals surface area contributed by atoms with Crippen LogP contribution in [0, 0.1) is 0 Å². The number of ketones is 1. The summed E-state index contributed by atoms with van der Waals surface area (Å²) in [5.74, 6) is -0.00301. The van der Waals surface area contributed by atoms with Gasteiger partial charge in [0.1, 0.15) is 0 Å². The quantitative estimate of drug-likeness (QED) is 0.619. The SMILES string of the molecule is CCCn1c(SC(C)C(=O)c2ccc3c(c2)CCN3C(C)=O)n[nH]c1=O. The maximum absolute atomic E-state index is 12.8. The van der Waals surface area contributed by atoms with Crippen molar-refractivity contribution in [2.75, 3.05) is 11.4 Å². The highest BCUT2D eigenvalue weighted by Gasteiger charge is 2.25. The van der Waals surface area contributed by atoms with Crippen LogP contribution in [-0.2, 0) is 17.8 Å². The predicted octanol–water partition coefficient (Wildman–Crippen LogP) is 2.25. The van der Waals surface area contributed by atoms with Crippen LogP contribution in [-0.4, -0.2) is 38.2 Å². The van der Waals surface area contributed by atoms with Crippen LogP contribution in [0.3, 0.4) is 0 Å². The Morgan fingerprint density at radius 2 is 2.15 bits per heavy atom. The van der Waals surface area contributed by atoms with Crippen molar-refractivity contribution >= 4 is 29.1 Å². The monoisotopic (exact) mass is 374 g/mol. The highest BCUT2D eigenvalue weighted by atomic mass is 32.2. The van der Waals surface area contributed by atoms with Crippen molar-refractivity contribution in [1.29, 1.82) is 0 Å². The Morgan fingerprint density at radius 1 is 1.38 bits per heavy atom. The van der Waals surface area contributed by atoms with Crippen LogP contribution in [0.4, 0.5) is 5.69 Å². The molecule has 1 unspecified atom stereocenters. The number of nitrogens with zero attached hydrogens (tertiary/aromatic N) is 3. The molecule has 138 valence electrons. The van der Waals surface area contributed by atoms with Gasteiger partial charge >= 0.3 is 5.69 Å². The predicted molar refractivity (Wildman–Crippen MR) is 101 cm³/mol. The van der Waals surface area contributed by atoms with E-state index in [1.807, 2.05) is 26.0 Å².